The minimum absolute atomic E-state index is 0.0171. The minimum atomic E-state index is -0.660. The van der Waals surface area contributed by atoms with E-state index >= 15 is 0 Å². The fraction of sp³-hybridized carbons (Fsp3) is 0.231. The van der Waals surface area contributed by atoms with Crippen molar-refractivity contribution in [2.24, 2.45) is 0 Å². The van der Waals surface area contributed by atoms with Crippen LogP contribution in [0.1, 0.15) is 55.7 Å². The molecule has 0 aliphatic carbocycles. The number of pyridine rings is 1. The summed E-state index contributed by atoms with van der Waals surface area (Å²) < 4.78 is 5.27. The summed E-state index contributed by atoms with van der Waals surface area (Å²) in [6.07, 6.45) is 2.86. The second-order valence-electron chi connectivity index (χ2n) is 8.82. The normalized spacial score (nSPS) is 12.1. The molecule has 36 heavy (non-hydrogen) atoms. The first-order valence-electron chi connectivity index (χ1n) is 11.0. The summed E-state index contributed by atoms with van der Waals surface area (Å²) in [6, 6.07) is 14.2. The molecule has 1 aromatic carbocycles. The van der Waals surface area contributed by atoms with Gasteiger partial charge in [-0.2, -0.15) is 17.9 Å². The fourth-order valence-electron chi connectivity index (χ4n) is 3.19. The molecule has 1 unspecified atom stereocenters. The van der Waals surface area contributed by atoms with Crippen LogP contribution in [0.3, 0.4) is 0 Å². The van der Waals surface area contributed by atoms with E-state index in [2.05, 4.69) is 39.0 Å². The molecule has 9 nitrogen and oxygen atoms in total. The van der Waals surface area contributed by atoms with E-state index in [-0.39, 0.29) is 23.1 Å². The van der Waals surface area contributed by atoms with Gasteiger partial charge in [-0.1, -0.05) is 18.2 Å². The molecule has 2 aromatic heterocycles. The van der Waals surface area contributed by atoms with E-state index in [0.29, 0.717) is 28.3 Å². The topological polar surface area (TPSA) is 144 Å². The Labute approximate surface area is 214 Å². The average Bonchev–Trinajstić information content (AvgIpc) is 2.81. The van der Waals surface area contributed by atoms with Crippen molar-refractivity contribution >= 4 is 42.1 Å². The molecule has 0 radical (unpaired) electrons. The van der Waals surface area contributed by atoms with Crippen LogP contribution in [0.4, 0.5) is 11.5 Å². The summed E-state index contributed by atoms with van der Waals surface area (Å²) in [5.74, 6) is -0.392. The number of hydrogen-bond donors (Lipinski definition) is 3. The molecule has 0 aliphatic rings. The maximum absolute atomic E-state index is 12.0. The molecule has 184 valence electrons. The van der Waals surface area contributed by atoms with Crippen LogP contribution in [0.2, 0.25) is 0 Å². The number of nitrogen functional groups attached to an aromatic ring is 1. The number of benzene rings is 1. The Morgan fingerprint density at radius 3 is 2.44 bits per heavy atom. The number of nitriles is 1. The van der Waals surface area contributed by atoms with Crippen molar-refractivity contribution < 1.29 is 14.3 Å². The van der Waals surface area contributed by atoms with Gasteiger partial charge >= 0.3 is 5.97 Å². The van der Waals surface area contributed by atoms with Gasteiger partial charge in [-0.05, 0) is 51.1 Å². The van der Waals surface area contributed by atoms with Crippen LogP contribution in [0, 0.1) is 11.3 Å². The zero-order chi connectivity index (χ0) is 26.5. The summed E-state index contributed by atoms with van der Waals surface area (Å²) in [5.41, 5.74) is 8.26. The summed E-state index contributed by atoms with van der Waals surface area (Å²) in [4.78, 5) is 36.7. The third-order valence-electron chi connectivity index (χ3n) is 4.66. The van der Waals surface area contributed by atoms with Gasteiger partial charge in [-0.3, -0.25) is 9.78 Å². The maximum atomic E-state index is 12.0. The van der Waals surface area contributed by atoms with Crippen molar-refractivity contribution in [3.05, 3.63) is 71.3 Å². The highest BCUT2D eigenvalue weighted by Crippen LogP contribution is 2.31. The summed E-state index contributed by atoms with van der Waals surface area (Å²) >= 11 is 4.66. The number of carbonyl (C=O) groups is 2. The molecule has 10 heteroatoms. The smallest absolute Gasteiger partial charge is 0.331 e. The Morgan fingerprint density at radius 2 is 1.83 bits per heavy atom. The lowest BCUT2D eigenvalue weighted by atomic mass is 10.1. The number of rotatable bonds is 6. The van der Waals surface area contributed by atoms with Gasteiger partial charge in [0.25, 0.3) is 0 Å². The number of thiol groups is 1. The van der Waals surface area contributed by atoms with E-state index in [1.54, 1.807) is 69.3 Å². The largest absolute Gasteiger partial charge is 0.457 e. The number of carbonyl (C=O) groups excluding carboxylic acids is 2. The average molecular weight is 503 g/mol. The molecular formula is C26H26N6O3S. The number of esters is 1. The number of ether oxygens (including phenoxy) is 1. The van der Waals surface area contributed by atoms with Gasteiger partial charge < -0.3 is 15.8 Å². The van der Waals surface area contributed by atoms with Gasteiger partial charge in [-0.15, -0.1) is 0 Å². The van der Waals surface area contributed by atoms with Crippen LogP contribution in [-0.4, -0.2) is 32.4 Å². The van der Waals surface area contributed by atoms with Crippen LogP contribution < -0.4 is 11.1 Å². The number of nitrogens with zero attached hydrogens (tertiary/aromatic N) is 4. The molecule has 0 aliphatic heterocycles. The molecule has 0 fully saturated rings. The van der Waals surface area contributed by atoms with Crippen LogP contribution in [0.25, 0.3) is 17.3 Å². The van der Waals surface area contributed by atoms with Crippen molar-refractivity contribution in [3.8, 4) is 17.3 Å². The Bertz CT molecular complexity index is 1360. The molecule has 3 rings (SSSR count). The summed E-state index contributed by atoms with van der Waals surface area (Å²) in [7, 11) is 0. The standard InChI is InChI=1S/C26H26N6O3S/c1-15(33)29-18-10-8-16(9-11-18)22-19(14-27)24(28)32-25(31-22)23(36)20-7-5-6-17(30-20)12-13-21(34)35-26(2,3)4/h5-13,23,36H,1-4H3,(H,29,33)(H2,28,31,32)/b13-12+. The Balaban J connectivity index is 1.92. The first-order chi connectivity index (χ1) is 17.0. The van der Waals surface area contributed by atoms with E-state index < -0.39 is 16.8 Å². The molecule has 3 N–H and O–H groups in total. The number of nitrogens with one attached hydrogen (secondary N) is 1. The van der Waals surface area contributed by atoms with E-state index in [1.807, 2.05) is 0 Å². The van der Waals surface area contributed by atoms with Crippen molar-refractivity contribution in [1.82, 2.24) is 15.0 Å². The van der Waals surface area contributed by atoms with Gasteiger partial charge in [0.15, 0.2) is 0 Å². The van der Waals surface area contributed by atoms with Crippen LogP contribution >= 0.6 is 12.6 Å². The molecule has 2 heterocycles. The molecule has 1 amide bonds. The van der Waals surface area contributed by atoms with Gasteiger partial charge in [0.05, 0.1) is 17.1 Å². The number of aromatic nitrogens is 3. The lowest BCUT2D eigenvalue weighted by Crippen LogP contribution is -2.22. The van der Waals surface area contributed by atoms with E-state index in [0.717, 1.165) is 0 Å². The highest BCUT2D eigenvalue weighted by molar-refractivity contribution is 7.80. The highest BCUT2D eigenvalue weighted by Gasteiger charge is 2.21. The van der Waals surface area contributed by atoms with Crippen molar-refractivity contribution in [2.75, 3.05) is 11.1 Å². The SMILES string of the molecule is CC(=O)Nc1ccc(-c2nc(C(S)c3cccc(/C=C/C(=O)OC(C)(C)C)n3)nc(N)c2C#N)cc1. The first-order valence-corrected chi connectivity index (χ1v) is 11.5. The number of hydrogen-bond acceptors (Lipinski definition) is 9. The third-order valence-corrected chi connectivity index (χ3v) is 5.15. The lowest BCUT2D eigenvalue weighted by Gasteiger charge is -2.17. The van der Waals surface area contributed by atoms with Crippen molar-refractivity contribution in [2.45, 2.75) is 38.5 Å². The van der Waals surface area contributed by atoms with Crippen LogP contribution in [0.5, 0.6) is 0 Å². The van der Waals surface area contributed by atoms with Gasteiger partial charge in [0.1, 0.15) is 34.1 Å². The fourth-order valence-corrected chi connectivity index (χ4v) is 3.45. The number of amides is 1. The molecular weight excluding hydrogens is 476 g/mol. The number of nitrogens with two attached hydrogens (primary N) is 1. The highest BCUT2D eigenvalue weighted by atomic mass is 32.1. The second kappa shape index (κ2) is 11.0. The lowest BCUT2D eigenvalue weighted by molar-refractivity contribution is -0.148. The molecule has 0 saturated carbocycles. The van der Waals surface area contributed by atoms with Crippen LogP contribution in [-0.2, 0) is 14.3 Å². The third kappa shape index (κ3) is 6.90. The summed E-state index contributed by atoms with van der Waals surface area (Å²) in [6.45, 7) is 6.79. The predicted octanol–water partition coefficient (Wildman–Crippen LogP) is 4.32. The quantitative estimate of drug-likeness (QED) is 0.257. The first kappa shape index (κ1) is 26.4. The van der Waals surface area contributed by atoms with Gasteiger partial charge in [0.2, 0.25) is 5.91 Å². The zero-order valence-corrected chi connectivity index (χ0v) is 21.2. The Morgan fingerprint density at radius 1 is 1.14 bits per heavy atom. The van der Waals surface area contributed by atoms with E-state index in [1.165, 1.54) is 13.0 Å². The van der Waals surface area contributed by atoms with E-state index in [9.17, 15) is 14.9 Å². The molecule has 0 spiro atoms. The minimum Gasteiger partial charge on any atom is -0.457 e. The van der Waals surface area contributed by atoms with Crippen molar-refractivity contribution in [3.63, 3.8) is 0 Å². The molecule has 3 aromatic rings. The predicted molar refractivity (Wildman–Crippen MR) is 141 cm³/mol. The van der Waals surface area contributed by atoms with Crippen LogP contribution in [0.15, 0.2) is 48.5 Å². The monoisotopic (exact) mass is 502 g/mol. The molecule has 1 atom stereocenters. The molecule has 0 saturated heterocycles. The Kier molecular flexibility index (Phi) is 8.07. The van der Waals surface area contributed by atoms with Gasteiger partial charge in [0, 0.05) is 24.3 Å². The Hall–Kier alpha value is -4.23. The summed E-state index contributed by atoms with van der Waals surface area (Å²) in [5, 5.41) is 11.7. The number of anilines is 2. The van der Waals surface area contributed by atoms with E-state index in [4.69, 9.17) is 10.5 Å². The maximum Gasteiger partial charge on any atom is 0.331 e. The second-order valence-corrected chi connectivity index (χ2v) is 9.33. The van der Waals surface area contributed by atoms with Crippen molar-refractivity contribution in [1.29, 1.82) is 5.26 Å². The van der Waals surface area contributed by atoms with Gasteiger partial charge in [-0.25, -0.2) is 14.8 Å². The zero-order valence-electron chi connectivity index (χ0n) is 20.3. The molecule has 0 bridgehead atoms.